The number of halogens is 2. The molecule has 1 aliphatic heterocycles. The lowest BCUT2D eigenvalue weighted by atomic mass is 10.1. The molecule has 4 nitrogen and oxygen atoms in total. The molecule has 0 spiro atoms. The fraction of sp³-hybridized carbons (Fsp3) is 0.538. The van der Waals surface area contributed by atoms with Gasteiger partial charge < -0.3 is 5.32 Å². The highest BCUT2D eigenvalue weighted by Gasteiger charge is 2.37. The van der Waals surface area contributed by atoms with Crippen molar-refractivity contribution in [2.45, 2.75) is 24.1 Å². The van der Waals surface area contributed by atoms with Gasteiger partial charge in [-0.05, 0) is 47.2 Å². The average molecular weight is 444 g/mol. The highest BCUT2D eigenvalue weighted by molar-refractivity contribution is 14.1. The number of nitrogens with zero attached hydrogens (tertiary/aromatic N) is 1. The van der Waals surface area contributed by atoms with E-state index in [2.05, 4.69) is 37.1 Å². The second-order valence-electron chi connectivity index (χ2n) is 5.40. The number of rotatable bonds is 4. The van der Waals surface area contributed by atoms with Crippen LogP contribution in [0.15, 0.2) is 24.3 Å². The van der Waals surface area contributed by atoms with E-state index < -0.39 is 21.5 Å². The molecule has 21 heavy (non-hydrogen) atoms. The largest absolute Gasteiger partial charge is 0.308 e. The third-order valence-electron chi connectivity index (χ3n) is 3.48. The number of hydrogen-bond donors (Lipinski definition) is 1. The van der Waals surface area contributed by atoms with Gasteiger partial charge in [-0.2, -0.15) is 4.31 Å². The number of piperazine rings is 1. The van der Waals surface area contributed by atoms with E-state index >= 15 is 0 Å². The molecule has 2 rings (SSSR count). The molecule has 1 fully saturated rings. The first-order valence-electron chi connectivity index (χ1n) is 6.62. The predicted molar refractivity (Wildman–Crippen MR) is 94.4 cm³/mol. The van der Waals surface area contributed by atoms with Crippen molar-refractivity contribution in [2.75, 3.05) is 19.6 Å². The summed E-state index contributed by atoms with van der Waals surface area (Å²) in [7, 11) is -1.30. The van der Waals surface area contributed by atoms with Gasteiger partial charge in [-0.25, -0.2) is 12.8 Å². The van der Waals surface area contributed by atoms with Crippen molar-refractivity contribution in [3.05, 3.63) is 33.4 Å². The minimum Gasteiger partial charge on any atom is -0.308 e. The van der Waals surface area contributed by atoms with E-state index in [1.165, 1.54) is 11.2 Å². The molecule has 0 saturated carbocycles. The Morgan fingerprint density at radius 1 is 1.48 bits per heavy atom. The molecular formula is C13H19FIN2O2PS. The molecule has 0 radical (unpaired) electrons. The summed E-state index contributed by atoms with van der Waals surface area (Å²) < 4.78 is 41.4. The summed E-state index contributed by atoms with van der Waals surface area (Å²) in [4.78, 5) is 0. The Hall–Kier alpha value is 0.180. The second kappa shape index (κ2) is 6.74. The van der Waals surface area contributed by atoms with E-state index in [0.29, 0.717) is 13.1 Å². The number of nitrogens with one attached hydrogen (secondary N) is 1. The highest BCUT2D eigenvalue weighted by atomic mass is 127. The Kier molecular flexibility index (Phi) is 5.63. The highest BCUT2D eigenvalue weighted by Crippen LogP contribution is 2.27. The zero-order valence-corrected chi connectivity index (χ0v) is 15.8. The van der Waals surface area contributed by atoms with Crippen LogP contribution in [0, 0.1) is 3.57 Å². The molecular weight excluding hydrogens is 425 g/mol. The van der Waals surface area contributed by atoms with E-state index in [1.54, 1.807) is 0 Å². The molecule has 8 heteroatoms. The molecule has 1 aromatic carbocycles. The summed E-state index contributed by atoms with van der Waals surface area (Å²) in [6, 6.07) is 6.88. The number of benzene rings is 1. The minimum absolute atomic E-state index is 0.0451. The van der Waals surface area contributed by atoms with Gasteiger partial charge in [0.15, 0.2) is 0 Å². The van der Waals surface area contributed by atoms with Crippen molar-refractivity contribution in [2.24, 2.45) is 0 Å². The SMILES string of the molecule is CC(F)(P)C1CN(S(=O)(=O)Cc2ccc(I)cc2)CCN1. The molecule has 0 aromatic heterocycles. The van der Waals surface area contributed by atoms with E-state index in [0.717, 1.165) is 9.13 Å². The molecule has 3 atom stereocenters. The van der Waals surface area contributed by atoms with Crippen LogP contribution in [0.4, 0.5) is 4.39 Å². The van der Waals surface area contributed by atoms with Crippen molar-refractivity contribution in [3.8, 4) is 0 Å². The van der Waals surface area contributed by atoms with Crippen molar-refractivity contribution >= 4 is 41.9 Å². The summed E-state index contributed by atoms with van der Waals surface area (Å²) >= 11 is 2.18. The first-order valence-corrected chi connectivity index (χ1v) is 9.88. The lowest BCUT2D eigenvalue weighted by Crippen LogP contribution is -2.58. The third-order valence-corrected chi connectivity index (χ3v) is 6.41. The van der Waals surface area contributed by atoms with Crippen LogP contribution < -0.4 is 5.32 Å². The molecule has 0 aliphatic carbocycles. The van der Waals surface area contributed by atoms with Crippen molar-refractivity contribution in [1.29, 1.82) is 0 Å². The monoisotopic (exact) mass is 444 g/mol. The van der Waals surface area contributed by atoms with Crippen molar-refractivity contribution in [3.63, 3.8) is 0 Å². The topological polar surface area (TPSA) is 49.4 Å². The molecule has 3 unspecified atom stereocenters. The van der Waals surface area contributed by atoms with E-state index in [-0.39, 0.29) is 12.3 Å². The fourth-order valence-electron chi connectivity index (χ4n) is 2.24. The van der Waals surface area contributed by atoms with E-state index in [9.17, 15) is 12.8 Å². The zero-order chi connectivity index (χ0) is 15.7. The average Bonchev–Trinajstić information content (AvgIpc) is 2.40. The number of hydrogen-bond acceptors (Lipinski definition) is 3. The van der Waals surface area contributed by atoms with Crippen molar-refractivity contribution in [1.82, 2.24) is 9.62 Å². The van der Waals surface area contributed by atoms with Crippen LogP contribution in [0.1, 0.15) is 12.5 Å². The molecule has 1 heterocycles. The summed E-state index contributed by atoms with van der Waals surface area (Å²) in [5.41, 5.74) is 0.749. The van der Waals surface area contributed by atoms with Gasteiger partial charge in [-0.15, -0.1) is 0 Å². The molecule has 1 aliphatic rings. The first-order chi connectivity index (χ1) is 9.68. The maximum absolute atomic E-state index is 14.0. The van der Waals surface area contributed by atoms with Crippen LogP contribution >= 0.6 is 31.8 Å². The quantitative estimate of drug-likeness (QED) is 0.571. The van der Waals surface area contributed by atoms with Crippen LogP contribution in [0.5, 0.6) is 0 Å². The molecule has 1 aromatic rings. The normalized spacial score (nSPS) is 23.7. The Labute approximate surface area is 141 Å². The van der Waals surface area contributed by atoms with Gasteiger partial charge in [0.2, 0.25) is 10.0 Å². The van der Waals surface area contributed by atoms with Crippen molar-refractivity contribution < 1.29 is 12.8 Å². The fourth-order valence-corrected chi connectivity index (χ4v) is 4.36. The Morgan fingerprint density at radius 2 is 2.10 bits per heavy atom. The smallest absolute Gasteiger partial charge is 0.218 e. The number of sulfonamides is 1. The van der Waals surface area contributed by atoms with Gasteiger partial charge in [-0.3, -0.25) is 0 Å². The Morgan fingerprint density at radius 3 is 2.67 bits per heavy atom. The lowest BCUT2D eigenvalue weighted by Gasteiger charge is -2.37. The minimum atomic E-state index is -3.43. The van der Waals surface area contributed by atoms with Gasteiger partial charge in [0.1, 0.15) is 5.41 Å². The summed E-state index contributed by atoms with van der Waals surface area (Å²) in [6.45, 7) is 2.43. The van der Waals surface area contributed by atoms with Crippen LogP contribution in [-0.2, 0) is 15.8 Å². The molecule has 118 valence electrons. The zero-order valence-electron chi connectivity index (χ0n) is 11.7. The van der Waals surface area contributed by atoms with Gasteiger partial charge in [0, 0.05) is 23.2 Å². The van der Waals surface area contributed by atoms with Crippen LogP contribution in [-0.4, -0.2) is 43.8 Å². The maximum Gasteiger partial charge on any atom is 0.218 e. The van der Waals surface area contributed by atoms with Gasteiger partial charge in [-0.1, -0.05) is 21.4 Å². The molecule has 0 amide bonds. The predicted octanol–water partition coefficient (Wildman–Crippen LogP) is 1.96. The lowest BCUT2D eigenvalue weighted by molar-refractivity contribution is 0.176. The Balaban J connectivity index is 2.10. The van der Waals surface area contributed by atoms with E-state index in [1.807, 2.05) is 24.3 Å². The molecule has 0 bridgehead atoms. The van der Waals surface area contributed by atoms with Gasteiger partial charge in [0.05, 0.1) is 11.8 Å². The first kappa shape index (κ1) is 17.5. The summed E-state index contributed by atoms with van der Waals surface area (Å²) in [6.07, 6.45) is 0. The molecule has 1 N–H and O–H groups in total. The number of alkyl halides is 1. The Bertz CT molecular complexity index is 589. The second-order valence-corrected chi connectivity index (χ2v) is 9.74. The molecule has 1 saturated heterocycles. The third kappa shape index (κ3) is 4.82. The maximum atomic E-state index is 14.0. The van der Waals surface area contributed by atoms with Crippen LogP contribution in [0.2, 0.25) is 0 Å². The van der Waals surface area contributed by atoms with Gasteiger partial charge >= 0.3 is 0 Å². The van der Waals surface area contributed by atoms with Crippen LogP contribution in [0.3, 0.4) is 0 Å². The summed E-state index contributed by atoms with van der Waals surface area (Å²) in [5, 5.41) is 1.50. The standard InChI is InChI=1S/C13H19FIN2O2PS/c1-13(14,20)12-8-17(7-6-16-12)21(18,19)9-10-2-4-11(15)5-3-10/h2-5,12,16H,6-9,20H2,1H3. The van der Waals surface area contributed by atoms with Gasteiger partial charge in [0.25, 0.3) is 0 Å². The summed E-state index contributed by atoms with van der Waals surface area (Å²) in [5.74, 6) is -0.0451. The van der Waals surface area contributed by atoms with Crippen LogP contribution in [0.25, 0.3) is 0 Å². The van der Waals surface area contributed by atoms with E-state index in [4.69, 9.17) is 0 Å².